The SMILES string of the molecule is CCOC(=O)c1ccc(N2C(=O)[C@@H]3[C@H](ON(c4ccccc4)[C@H]3c3ccccc3)C2=O)cc1. The molecule has 0 N–H and O–H groups in total. The van der Waals surface area contributed by atoms with Crippen molar-refractivity contribution in [2.24, 2.45) is 5.92 Å². The van der Waals surface area contributed by atoms with Gasteiger partial charge in [0.05, 0.1) is 29.6 Å². The highest BCUT2D eigenvalue weighted by Gasteiger charge is 2.60. The quantitative estimate of drug-likeness (QED) is 0.441. The van der Waals surface area contributed by atoms with E-state index in [2.05, 4.69) is 0 Å². The third kappa shape index (κ3) is 3.56. The maximum Gasteiger partial charge on any atom is 0.338 e. The van der Waals surface area contributed by atoms with Gasteiger partial charge in [-0.05, 0) is 48.9 Å². The van der Waals surface area contributed by atoms with Gasteiger partial charge in [0.1, 0.15) is 5.92 Å². The van der Waals surface area contributed by atoms with Crippen molar-refractivity contribution in [2.45, 2.75) is 19.1 Å². The molecule has 0 aliphatic carbocycles. The summed E-state index contributed by atoms with van der Waals surface area (Å²) < 4.78 is 5.00. The summed E-state index contributed by atoms with van der Waals surface area (Å²) in [5.74, 6) is -1.91. The fourth-order valence-corrected chi connectivity index (χ4v) is 4.42. The minimum Gasteiger partial charge on any atom is -0.462 e. The molecular weight excluding hydrogens is 420 g/mol. The van der Waals surface area contributed by atoms with Gasteiger partial charge in [-0.2, -0.15) is 0 Å². The molecule has 2 heterocycles. The highest BCUT2D eigenvalue weighted by molar-refractivity contribution is 6.24. The van der Waals surface area contributed by atoms with E-state index >= 15 is 0 Å². The fourth-order valence-electron chi connectivity index (χ4n) is 4.42. The Balaban J connectivity index is 1.49. The van der Waals surface area contributed by atoms with Crippen molar-refractivity contribution >= 4 is 29.2 Å². The number of hydrogen-bond donors (Lipinski definition) is 0. The number of ether oxygens (including phenoxy) is 1. The van der Waals surface area contributed by atoms with Gasteiger partial charge >= 0.3 is 5.97 Å². The molecule has 7 heteroatoms. The second kappa shape index (κ2) is 8.52. The lowest BCUT2D eigenvalue weighted by atomic mass is 9.90. The van der Waals surface area contributed by atoms with Gasteiger partial charge < -0.3 is 4.74 Å². The number of anilines is 2. The topological polar surface area (TPSA) is 76.2 Å². The van der Waals surface area contributed by atoms with E-state index in [-0.39, 0.29) is 12.5 Å². The van der Waals surface area contributed by atoms with Gasteiger partial charge in [0, 0.05) is 0 Å². The zero-order chi connectivity index (χ0) is 22.9. The summed E-state index contributed by atoms with van der Waals surface area (Å²) in [6.07, 6.45) is -0.937. The standard InChI is InChI=1S/C26H22N2O5/c1-2-32-26(31)18-13-15-19(16-14-18)27-24(29)21-22(17-9-5-3-6-10-17)28(33-23(21)25(27)30)20-11-7-4-8-12-20/h3-16,21-23H,2H2,1H3/t21-,22-,23-/m0/s1. The summed E-state index contributed by atoms with van der Waals surface area (Å²) in [7, 11) is 0. The molecule has 2 saturated heterocycles. The Bertz CT molecular complexity index is 1180. The molecule has 5 rings (SSSR count). The van der Waals surface area contributed by atoms with Crippen molar-refractivity contribution < 1.29 is 24.0 Å². The summed E-state index contributed by atoms with van der Waals surface area (Å²) in [4.78, 5) is 46.1. The van der Waals surface area contributed by atoms with Crippen LogP contribution in [0.3, 0.4) is 0 Å². The number of carbonyl (C=O) groups is 3. The van der Waals surface area contributed by atoms with Gasteiger partial charge in [-0.25, -0.2) is 14.8 Å². The normalized spacial score (nSPS) is 21.9. The van der Waals surface area contributed by atoms with Crippen LogP contribution >= 0.6 is 0 Å². The smallest absolute Gasteiger partial charge is 0.338 e. The Labute approximate surface area is 191 Å². The van der Waals surface area contributed by atoms with Crippen molar-refractivity contribution in [3.8, 4) is 0 Å². The van der Waals surface area contributed by atoms with E-state index in [4.69, 9.17) is 9.57 Å². The number of benzene rings is 3. The van der Waals surface area contributed by atoms with Crippen molar-refractivity contribution in [3.63, 3.8) is 0 Å². The van der Waals surface area contributed by atoms with E-state index in [0.29, 0.717) is 11.3 Å². The van der Waals surface area contributed by atoms with E-state index in [1.807, 2.05) is 60.7 Å². The first-order valence-corrected chi connectivity index (χ1v) is 10.8. The predicted molar refractivity (Wildman–Crippen MR) is 121 cm³/mol. The van der Waals surface area contributed by atoms with Crippen molar-refractivity contribution in [2.75, 3.05) is 16.6 Å². The summed E-state index contributed by atoms with van der Waals surface area (Å²) >= 11 is 0. The maximum absolute atomic E-state index is 13.6. The van der Waals surface area contributed by atoms with Crippen LogP contribution < -0.4 is 9.96 Å². The van der Waals surface area contributed by atoms with Gasteiger partial charge in [0.2, 0.25) is 5.91 Å². The molecule has 7 nitrogen and oxygen atoms in total. The second-order valence-corrected chi connectivity index (χ2v) is 7.85. The molecule has 0 unspecified atom stereocenters. The number of fused-ring (bicyclic) bond motifs is 1. The van der Waals surface area contributed by atoms with E-state index in [9.17, 15) is 14.4 Å². The van der Waals surface area contributed by atoms with Gasteiger partial charge in [0.15, 0.2) is 6.10 Å². The molecule has 0 radical (unpaired) electrons. The number of para-hydroxylation sites is 1. The number of hydroxylamine groups is 1. The summed E-state index contributed by atoms with van der Waals surface area (Å²) in [6, 6.07) is 24.8. The van der Waals surface area contributed by atoms with Gasteiger partial charge in [0.25, 0.3) is 5.91 Å². The molecule has 3 atom stereocenters. The maximum atomic E-state index is 13.6. The fraction of sp³-hybridized carbons (Fsp3) is 0.192. The van der Waals surface area contributed by atoms with E-state index in [1.165, 1.54) is 0 Å². The van der Waals surface area contributed by atoms with Crippen LogP contribution in [0.5, 0.6) is 0 Å². The Kier molecular flexibility index (Phi) is 5.40. The van der Waals surface area contributed by atoms with E-state index in [1.54, 1.807) is 36.3 Å². The minimum atomic E-state index is -0.937. The number of rotatable bonds is 5. The number of carbonyl (C=O) groups excluding carboxylic acids is 3. The number of amides is 2. The van der Waals surface area contributed by atoms with E-state index in [0.717, 1.165) is 16.2 Å². The molecule has 0 aromatic heterocycles. The average Bonchev–Trinajstić information content (AvgIpc) is 3.36. The van der Waals surface area contributed by atoms with Gasteiger partial charge in [-0.1, -0.05) is 48.5 Å². The Morgan fingerprint density at radius 2 is 1.48 bits per heavy atom. The molecule has 0 bridgehead atoms. The molecular formula is C26H22N2O5. The van der Waals surface area contributed by atoms with Crippen LogP contribution in [0.2, 0.25) is 0 Å². The Hall–Kier alpha value is -3.97. The molecule has 2 amide bonds. The van der Waals surface area contributed by atoms with Crippen LogP contribution in [0.25, 0.3) is 0 Å². The van der Waals surface area contributed by atoms with Crippen LogP contribution in [0, 0.1) is 5.92 Å². The number of nitrogens with zero attached hydrogens (tertiary/aromatic N) is 2. The highest BCUT2D eigenvalue weighted by atomic mass is 16.7. The lowest BCUT2D eigenvalue weighted by Gasteiger charge is -2.28. The highest BCUT2D eigenvalue weighted by Crippen LogP contribution is 2.47. The third-order valence-electron chi connectivity index (χ3n) is 5.90. The average molecular weight is 442 g/mol. The summed E-state index contributed by atoms with van der Waals surface area (Å²) in [6.45, 7) is 2.00. The predicted octanol–water partition coefficient (Wildman–Crippen LogP) is 3.91. The number of hydrogen-bond acceptors (Lipinski definition) is 6. The first-order chi connectivity index (χ1) is 16.1. The molecule has 3 aromatic carbocycles. The van der Waals surface area contributed by atoms with Crippen molar-refractivity contribution in [1.82, 2.24) is 0 Å². The first-order valence-electron chi connectivity index (χ1n) is 10.8. The monoisotopic (exact) mass is 442 g/mol. The van der Waals surface area contributed by atoms with Gasteiger partial charge in [-0.15, -0.1) is 0 Å². The molecule has 3 aromatic rings. The van der Waals surface area contributed by atoms with E-state index < -0.39 is 29.9 Å². The molecule has 166 valence electrons. The third-order valence-corrected chi connectivity index (χ3v) is 5.90. The minimum absolute atomic E-state index is 0.267. The van der Waals surface area contributed by atoms with Crippen LogP contribution in [0.15, 0.2) is 84.9 Å². The zero-order valence-electron chi connectivity index (χ0n) is 18.0. The molecule has 0 spiro atoms. The van der Waals surface area contributed by atoms with Crippen LogP contribution in [-0.2, 0) is 19.2 Å². The lowest BCUT2D eigenvalue weighted by Crippen LogP contribution is -2.37. The summed E-state index contributed by atoms with van der Waals surface area (Å²) in [5, 5.41) is 1.67. The zero-order valence-corrected chi connectivity index (χ0v) is 18.0. The van der Waals surface area contributed by atoms with Crippen LogP contribution in [0.1, 0.15) is 28.9 Å². The van der Waals surface area contributed by atoms with Gasteiger partial charge in [-0.3, -0.25) is 14.4 Å². The number of imide groups is 1. The lowest BCUT2D eigenvalue weighted by molar-refractivity contribution is -0.126. The molecule has 2 aliphatic rings. The largest absolute Gasteiger partial charge is 0.462 e. The molecule has 2 aliphatic heterocycles. The van der Waals surface area contributed by atoms with Crippen LogP contribution in [-0.4, -0.2) is 30.5 Å². The molecule has 2 fully saturated rings. The number of esters is 1. The van der Waals surface area contributed by atoms with Crippen molar-refractivity contribution in [1.29, 1.82) is 0 Å². The Morgan fingerprint density at radius 1 is 0.848 bits per heavy atom. The second-order valence-electron chi connectivity index (χ2n) is 7.85. The Morgan fingerprint density at radius 3 is 2.12 bits per heavy atom. The summed E-state index contributed by atoms with van der Waals surface area (Å²) in [5.41, 5.74) is 2.41. The van der Waals surface area contributed by atoms with Crippen molar-refractivity contribution in [3.05, 3.63) is 96.1 Å². The molecule has 0 saturated carbocycles. The van der Waals surface area contributed by atoms with Crippen LogP contribution in [0.4, 0.5) is 11.4 Å². The first kappa shape index (κ1) is 20.9. The molecule has 33 heavy (non-hydrogen) atoms.